The Morgan fingerprint density at radius 1 is 1.11 bits per heavy atom. The highest BCUT2D eigenvalue weighted by molar-refractivity contribution is 5.91. The summed E-state index contributed by atoms with van der Waals surface area (Å²) in [6.45, 7) is 1.81. The second-order valence-corrected chi connectivity index (χ2v) is 5.21. The van der Waals surface area contributed by atoms with Crippen LogP contribution in [0.1, 0.15) is 24.8 Å². The van der Waals surface area contributed by atoms with Crippen molar-refractivity contribution in [3.63, 3.8) is 0 Å². The monoisotopic (exact) mass is 258 g/mol. The number of hydrogen-bond donors (Lipinski definition) is 0. The molecule has 0 bridgehead atoms. The van der Waals surface area contributed by atoms with Gasteiger partial charge in [-0.1, -0.05) is 12.1 Å². The molecule has 1 aromatic carbocycles. The van der Waals surface area contributed by atoms with E-state index in [0.29, 0.717) is 0 Å². The summed E-state index contributed by atoms with van der Waals surface area (Å²) in [7, 11) is 4.04. The second-order valence-electron chi connectivity index (χ2n) is 5.21. The number of hydrogen-bond acceptors (Lipinski definition) is 2. The topological polar surface area (TPSA) is 23.6 Å². The van der Waals surface area contributed by atoms with E-state index in [1.165, 1.54) is 12.1 Å². The normalized spacial score (nSPS) is 15.8. The number of carbonyl (C=O) groups is 1. The van der Waals surface area contributed by atoms with Crippen molar-refractivity contribution in [2.24, 2.45) is 0 Å². The van der Waals surface area contributed by atoms with Crippen molar-refractivity contribution in [2.45, 2.75) is 19.3 Å². The number of anilines is 1. The molecule has 102 valence electrons. The number of amides is 1. The van der Waals surface area contributed by atoms with Gasteiger partial charge in [0.05, 0.1) is 0 Å². The van der Waals surface area contributed by atoms with Crippen molar-refractivity contribution in [1.29, 1.82) is 0 Å². The van der Waals surface area contributed by atoms with Crippen molar-refractivity contribution in [2.75, 3.05) is 32.1 Å². The van der Waals surface area contributed by atoms with Crippen LogP contribution in [0.2, 0.25) is 0 Å². The first kappa shape index (κ1) is 13.7. The second kappa shape index (κ2) is 6.41. The summed E-state index contributed by atoms with van der Waals surface area (Å²) in [5, 5.41) is 0. The Labute approximate surface area is 115 Å². The molecule has 1 aliphatic rings. The van der Waals surface area contributed by atoms with E-state index in [9.17, 15) is 4.79 Å². The van der Waals surface area contributed by atoms with Gasteiger partial charge < -0.3 is 9.80 Å². The molecular weight excluding hydrogens is 236 g/mol. The highest BCUT2D eigenvalue weighted by Gasteiger charge is 2.13. The zero-order chi connectivity index (χ0) is 13.7. The molecule has 1 aromatic rings. The molecule has 1 heterocycles. The molecule has 0 radical (unpaired) electrons. The lowest BCUT2D eigenvalue weighted by molar-refractivity contribution is -0.126. The Morgan fingerprint density at radius 3 is 2.32 bits per heavy atom. The van der Waals surface area contributed by atoms with Gasteiger partial charge in [0.15, 0.2) is 0 Å². The van der Waals surface area contributed by atoms with Gasteiger partial charge in [-0.3, -0.25) is 4.79 Å². The number of piperidine rings is 1. The summed E-state index contributed by atoms with van der Waals surface area (Å²) in [6.07, 6.45) is 7.11. The van der Waals surface area contributed by atoms with Crippen LogP contribution >= 0.6 is 0 Å². The first-order valence-corrected chi connectivity index (χ1v) is 6.91. The van der Waals surface area contributed by atoms with E-state index < -0.39 is 0 Å². The van der Waals surface area contributed by atoms with Crippen LogP contribution in [0.15, 0.2) is 30.3 Å². The molecule has 0 saturated carbocycles. The van der Waals surface area contributed by atoms with Crippen molar-refractivity contribution in [3.8, 4) is 0 Å². The average molecular weight is 258 g/mol. The minimum absolute atomic E-state index is 0.136. The van der Waals surface area contributed by atoms with Gasteiger partial charge in [0.1, 0.15) is 0 Å². The Balaban J connectivity index is 1.95. The highest BCUT2D eigenvalue weighted by atomic mass is 16.2. The SMILES string of the molecule is CN(C)c1ccc(C=CC(=O)N2CCCCC2)cc1. The van der Waals surface area contributed by atoms with E-state index in [1.54, 1.807) is 6.08 Å². The van der Waals surface area contributed by atoms with Gasteiger partial charge in [-0.25, -0.2) is 0 Å². The maximum absolute atomic E-state index is 12.0. The van der Waals surface area contributed by atoms with E-state index in [-0.39, 0.29) is 5.91 Å². The predicted molar refractivity (Wildman–Crippen MR) is 80.2 cm³/mol. The maximum Gasteiger partial charge on any atom is 0.246 e. The molecule has 3 heteroatoms. The third kappa shape index (κ3) is 3.85. The Morgan fingerprint density at radius 2 is 1.74 bits per heavy atom. The zero-order valence-electron chi connectivity index (χ0n) is 11.8. The van der Waals surface area contributed by atoms with Crippen LogP contribution in [0.5, 0.6) is 0 Å². The largest absolute Gasteiger partial charge is 0.378 e. The average Bonchev–Trinajstić information content (AvgIpc) is 2.46. The zero-order valence-corrected chi connectivity index (χ0v) is 11.8. The van der Waals surface area contributed by atoms with Gasteiger partial charge in [0.25, 0.3) is 0 Å². The van der Waals surface area contributed by atoms with Gasteiger partial charge in [-0.05, 0) is 43.0 Å². The van der Waals surface area contributed by atoms with Crippen molar-refractivity contribution >= 4 is 17.7 Å². The maximum atomic E-state index is 12.0. The number of benzene rings is 1. The van der Waals surface area contributed by atoms with E-state index in [2.05, 4.69) is 17.0 Å². The molecule has 1 saturated heterocycles. The molecule has 19 heavy (non-hydrogen) atoms. The molecule has 0 aliphatic carbocycles. The molecule has 1 amide bonds. The third-order valence-corrected chi connectivity index (χ3v) is 3.50. The first-order valence-electron chi connectivity index (χ1n) is 6.91. The summed E-state index contributed by atoms with van der Waals surface area (Å²) in [4.78, 5) is 16.0. The number of carbonyl (C=O) groups excluding carboxylic acids is 1. The molecule has 1 aliphatic heterocycles. The Kier molecular flexibility index (Phi) is 4.61. The lowest BCUT2D eigenvalue weighted by Crippen LogP contribution is -2.34. The fourth-order valence-electron chi connectivity index (χ4n) is 2.27. The van der Waals surface area contributed by atoms with Gasteiger partial charge in [0.2, 0.25) is 5.91 Å². The molecule has 0 unspecified atom stereocenters. The van der Waals surface area contributed by atoms with E-state index >= 15 is 0 Å². The first-order chi connectivity index (χ1) is 9.16. The smallest absolute Gasteiger partial charge is 0.246 e. The Hall–Kier alpha value is -1.77. The minimum atomic E-state index is 0.136. The van der Waals surface area contributed by atoms with E-state index in [4.69, 9.17) is 0 Å². The fraction of sp³-hybridized carbons (Fsp3) is 0.438. The van der Waals surface area contributed by atoms with E-state index in [1.807, 2.05) is 37.2 Å². The van der Waals surface area contributed by atoms with Gasteiger partial charge in [-0.2, -0.15) is 0 Å². The van der Waals surface area contributed by atoms with Crippen LogP contribution in [0.25, 0.3) is 6.08 Å². The molecule has 0 N–H and O–H groups in total. The van der Waals surface area contributed by atoms with Crippen molar-refractivity contribution in [3.05, 3.63) is 35.9 Å². The van der Waals surface area contributed by atoms with Gasteiger partial charge in [0, 0.05) is 38.9 Å². The lowest BCUT2D eigenvalue weighted by Gasteiger charge is -2.25. The van der Waals surface area contributed by atoms with Gasteiger partial charge in [-0.15, -0.1) is 0 Å². The summed E-state index contributed by atoms with van der Waals surface area (Å²) < 4.78 is 0. The molecule has 1 fully saturated rings. The standard InChI is InChI=1S/C16H22N2O/c1-17(2)15-9-6-14(7-10-15)8-11-16(19)18-12-4-3-5-13-18/h6-11H,3-5,12-13H2,1-2H3. The van der Waals surface area contributed by atoms with Crippen LogP contribution in [0.3, 0.4) is 0 Å². The van der Waals surface area contributed by atoms with Gasteiger partial charge >= 0.3 is 0 Å². The molecule has 0 atom stereocenters. The van der Waals surface area contributed by atoms with Crippen molar-refractivity contribution in [1.82, 2.24) is 4.90 Å². The fourth-order valence-corrected chi connectivity index (χ4v) is 2.27. The number of nitrogens with zero attached hydrogens (tertiary/aromatic N) is 2. The Bertz CT molecular complexity index is 442. The van der Waals surface area contributed by atoms with Crippen LogP contribution in [0.4, 0.5) is 5.69 Å². The summed E-state index contributed by atoms with van der Waals surface area (Å²) in [5.41, 5.74) is 2.23. The summed E-state index contributed by atoms with van der Waals surface area (Å²) >= 11 is 0. The molecule has 3 nitrogen and oxygen atoms in total. The van der Waals surface area contributed by atoms with Crippen molar-refractivity contribution < 1.29 is 4.79 Å². The summed E-state index contributed by atoms with van der Waals surface area (Å²) in [5.74, 6) is 0.136. The van der Waals surface area contributed by atoms with E-state index in [0.717, 1.165) is 31.5 Å². The number of rotatable bonds is 3. The lowest BCUT2D eigenvalue weighted by atomic mass is 10.1. The minimum Gasteiger partial charge on any atom is -0.378 e. The predicted octanol–water partition coefficient (Wildman–Crippen LogP) is 2.78. The van der Waals surface area contributed by atoms with Crippen LogP contribution in [-0.4, -0.2) is 38.0 Å². The van der Waals surface area contributed by atoms with Crippen LogP contribution in [-0.2, 0) is 4.79 Å². The number of likely N-dealkylation sites (tertiary alicyclic amines) is 1. The highest BCUT2D eigenvalue weighted by Crippen LogP contribution is 2.14. The summed E-state index contributed by atoms with van der Waals surface area (Å²) in [6, 6.07) is 8.20. The van der Waals surface area contributed by atoms with Crippen LogP contribution < -0.4 is 4.90 Å². The van der Waals surface area contributed by atoms with Crippen LogP contribution in [0, 0.1) is 0 Å². The quantitative estimate of drug-likeness (QED) is 0.778. The molecule has 2 rings (SSSR count). The molecule has 0 aromatic heterocycles. The molecule has 0 spiro atoms. The molecular formula is C16H22N2O. The third-order valence-electron chi connectivity index (χ3n) is 3.50.